The maximum atomic E-state index is 13.2. The molecule has 0 radical (unpaired) electrons. The molecule has 5 rings (SSSR count). The number of methoxy groups -OCH3 is 2. The molecule has 2 aliphatic rings. The number of piperidine rings is 1. The van der Waals surface area contributed by atoms with Gasteiger partial charge in [-0.1, -0.05) is 6.07 Å². The zero-order valence-electron chi connectivity index (χ0n) is 20.9. The molecule has 2 aromatic heterocycles. The molecule has 9 nitrogen and oxygen atoms in total. The van der Waals surface area contributed by atoms with Crippen molar-refractivity contribution >= 4 is 22.7 Å². The molecule has 3 aromatic rings. The number of rotatable bonds is 5. The van der Waals surface area contributed by atoms with Crippen molar-refractivity contribution < 1.29 is 24.2 Å². The number of fused-ring (bicyclic) bond motifs is 4. The molecule has 0 bridgehead atoms. The second kappa shape index (κ2) is 9.55. The Hall–Kier alpha value is -3.43. The molecule has 1 atom stereocenters. The van der Waals surface area contributed by atoms with Crippen molar-refractivity contribution in [2.45, 2.75) is 24.3 Å². The molecule has 4 heterocycles. The van der Waals surface area contributed by atoms with Gasteiger partial charge in [-0.2, -0.15) is 0 Å². The summed E-state index contributed by atoms with van der Waals surface area (Å²) in [6.07, 6.45) is 3.02. The fourth-order valence-corrected chi connectivity index (χ4v) is 6.02. The highest BCUT2D eigenvalue weighted by molar-refractivity contribution is 5.93. The van der Waals surface area contributed by atoms with Gasteiger partial charge in [0.25, 0.3) is 5.91 Å². The summed E-state index contributed by atoms with van der Waals surface area (Å²) < 4.78 is 12.7. The Bertz CT molecular complexity index is 1280. The van der Waals surface area contributed by atoms with Crippen molar-refractivity contribution in [1.82, 2.24) is 19.4 Å². The van der Waals surface area contributed by atoms with Crippen molar-refractivity contribution in [2.75, 3.05) is 47.1 Å². The van der Waals surface area contributed by atoms with Crippen LogP contribution in [0, 0.1) is 0 Å². The first-order chi connectivity index (χ1) is 17.4. The quantitative estimate of drug-likeness (QED) is 0.587. The molecule has 1 fully saturated rings. The second-order valence-corrected chi connectivity index (χ2v) is 9.64. The van der Waals surface area contributed by atoms with Crippen LogP contribution in [-0.2, 0) is 22.0 Å². The number of ether oxygens (including phenoxy) is 2. The molecule has 2 aliphatic heterocycles. The normalized spacial score (nSPS) is 18.9. The Morgan fingerprint density at radius 1 is 1.17 bits per heavy atom. The highest BCUT2D eigenvalue weighted by atomic mass is 16.5. The maximum absolute atomic E-state index is 13.2. The Morgan fingerprint density at radius 2 is 1.94 bits per heavy atom. The van der Waals surface area contributed by atoms with E-state index in [0.29, 0.717) is 38.2 Å². The van der Waals surface area contributed by atoms with Crippen LogP contribution in [-0.4, -0.2) is 83.3 Å². The molecule has 36 heavy (non-hydrogen) atoms. The predicted molar refractivity (Wildman–Crippen MR) is 134 cm³/mol. The summed E-state index contributed by atoms with van der Waals surface area (Å²) in [6, 6.07) is 10.9. The lowest BCUT2D eigenvalue weighted by atomic mass is 9.68. The lowest BCUT2D eigenvalue weighted by Crippen LogP contribution is -2.56. The first-order valence-corrected chi connectivity index (χ1v) is 12.2. The van der Waals surface area contributed by atoms with E-state index < -0.39 is 6.04 Å². The van der Waals surface area contributed by atoms with Crippen molar-refractivity contribution in [2.24, 2.45) is 7.05 Å². The van der Waals surface area contributed by atoms with Crippen LogP contribution in [0.25, 0.3) is 10.9 Å². The fraction of sp³-hybridized carbons (Fsp3) is 0.444. The highest BCUT2D eigenvalue weighted by Gasteiger charge is 2.49. The van der Waals surface area contributed by atoms with Crippen LogP contribution < -0.4 is 4.74 Å². The van der Waals surface area contributed by atoms with Crippen molar-refractivity contribution in [3.8, 4) is 5.75 Å². The standard InChI is InChI=1S/C27H32N4O5/c1-29-21-14-18(36-3)7-8-19(21)24-25(29)22(15-32)31(23(33)16-35-2)17-27(24)9-12-30(13-10-27)26(34)20-6-4-5-11-28-20/h4-8,11,14,22,32H,9-10,12-13,15-17H2,1-3H3/t22-/m1/s1. The van der Waals surface area contributed by atoms with Crippen molar-refractivity contribution in [1.29, 1.82) is 0 Å². The zero-order chi connectivity index (χ0) is 25.4. The number of aryl methyl sites for hydroxylation is 1. The van der Waals surface area contributed by atoms with E-state index in [1.54, 1.807) is 30.3 Å². The summed E-state index contributed by atoms with van der Waals surface area (Å²) in [5.74, 6) is 0.513. The minimum atomic E-state index is -0.482. The van der Waals surface area contributed by atoms with Crippen molar-refractivity contribution in [3.63, 3.8) is 0 Å². The Morgan fingerprint density at radius 3 is 2.58 bits per heavy atom. The average Bonchev–Trinajstić information content (AvgIpc) is 3.22. The SMILES string of the molecule is COCC(=O)N1CC2(CCN(C(=O)c3ccccn3)CC2)c2c(n(C)c3cc(OC)ccc23)[C@H]1CO. The van der Waals surface area contributed by atoms with E-state index in [4.69, 9.17) is 9.47 Å². The fourth-order valence-electron chi connectivity index (χ4n) is 6.02. The first-order valence-electron chi connectivity index (χ1n) is 12.2. The number of aliphatic hydroxyl groups excluding tert-OH is 1. The van der Waals surface area contributed by atoms with Gasteiger partial charge in [0, 0.05) is 62.6 Å². The minimum absolute atomic E-state index is 0.0516. The van der Waals surface area contributed by atoms with Gasteiger partial charge in [-0.15, -0.1) is 0 Å². The van der Waals surface area contributed by atoms with Crippen LogP contribution in [0.3, 0.4) is 0 Å². The third-order valence-corrected chi connectivity index (χ3v) is 7.80. The first kappa shape index (κ1) is 24.3. The topological polar surface area (TPSA) is 97.1 Å². The highest BCUT2D eigenvalue weighted by Crippen LogP contribution is 2.50. The van der Waals surface area contributed by atoms with Crippen LogP contribution in [0.5, 0.6) is 5.75 Å². The number of carbonyl (C=O) groups excluding carboxylic acids is 2. The van der Waals surface area contributed by atoms with E-state index in [-0.39, 0.29) is 30.4 Å². The van der Waals surface area contributed by atoms with Crippen LogP contribution in [0.4, 0.5) is 0 Å². The zero-order valence-corrected chi connectivity index (χ0v) is 20.9. The summed E-state index contributed by atoms with van der Waals surface area (Å²) in [6.45, 7) is 1.33. The predicted octanol–water partition coefficient (Wildman–Crippen LogP) is 2.28. The molecule has 1 N–H and O–H groups in total. The van der Waals surface area contributed by atoms with E-state index >= 15 is 0 Å². The molecule has 2 amide bonds. The number of hydrogen-bond donors (Lipinski definition) is 1. The Balaban J connectivity index is 1.59. The number of aliphatic hydroxyl groups is 1. The maximum Gasteiger partial charge on any atom is 0.272 e. The van der Waals surface area contributed by atoms with Crippen LogP contribution in [0.2, 0.25) is 0 Å². The third kappa shape index (κ3) is 3.83. The van der Waals surface area contributed by atoms with Crippen LogP contribution in [0.1, 0.15) is 40.6 Å². The summed E-state index contributed by atoms with van der Waals surface area (Å²) in [7, 11) is 5.12. The van der Waals surface area contributed by atoms with E-state index in [1.807, 2.05) is 30.1 Å². The van der Waals surface area contributed by atoms with Crippen LogP contribution in [0.15, 0.2) is 42.6 Å². The van der Waals surface area contributed by atoms with Gasteiger partial charge in [0.2, 0.25) is 5.91 Å². The van der Waals surface area contributed by atoms with E-state index in [2.05, 4.69) is 15.6 Å². The monoisotopic (exact) mass is 492 g/mol. The molecule has 0 aliphatic carbocycles. The van der Waals surface area contributed by atoms with Crippen molar-refractivity contribution in [3.05, 3.63) is 59.5 Å². The summed E-state index contributed by atoms with van der Waals surface area (Å²) in [5, 5.41) is 11.6. The molecular formula is C27H32N4O5. The number of carbonyl (C=O) groups is 2. The minimum Gasteiger partial charge on any atom is -0.497 e. The van der Waals surface area contributed by atoms with E-state index in [0.717, 1.165) is 27.9 Å². The number of aromatic nitrogens is 2. The number of hydrogen-bond acceptors (Lipinski definition) is 6. The number of amides is 2. The average molecular weight is 493 g/mol. The molecule has 9 heteroatoms. The Labute approximate surface area is 210 Å². The number of benzene rings is 1. The van der Waals surface area contributed by atoms with E-state index in [9.17, 15) is 14.7 Å². The number of pyridine rings is 1. The number of nitrogens with zero attached hydrogens (tertiary/aromatic N) is 4. The molecule has 1 aromatic carbocycles. The van der Waals surface area contributed by atoms with Gasteiger partial charge in [-0.3, -0.25) is 14.6 Å². The molecule has 190 valence electrons. The van der Waals surface area contributed by atoms with Crippen LogP contribution >= 0.6 is 0 Å². The third-order valence-electron chi connectivity index (χ3n) is 7.80. The molecule has 0 unspecified atom stereocenters. The molecular weight excluding hydrogens is 460 g/mol. The summed E-state index contributed by atoms with van der Waals surface area (Å²) in [5.41, 5.74) is 3.16. The van der Waals surface area contributed by atoms with Gasteiger partial charge in [0.1, 0.15) is 18.1 Å². The largest absolute Gasteiger partial charge is 0.497 e. The second-order valence-electron chi connectivity index (χ2n) is 9.64. The number of likely N-dealkylation sites (tertiary alicyclic amines) is 1. The lowest BCUT2D eigenvalue weighted by Gasteiger charge is -2.50. The van der Waals surface area contributed by atoms with Gasteiger partial charge < -0.3 is 28.9 Å². The lowest BCUT2D eigenvalue weighted by molar-refractivity contribution is -0.141. The molecule has 1 saturated heterocycles. The van der Waals surface area contributed by atoms with Gasteiger partial charge in [0.05, 0.1) is 25.3 Å². The summed E-state index contributed by atoms with van der Waals surface area (Å²) >= 11 is 0. The van der Waals surface area contributed by atoms with Gasteiger partial charge in [-0.25, -0.2) is 0 Å². The van der Waals surface area contributed by atoms with Gasteiger partial charge >= 0.3 is 0 Å². The van der Waals surface area contributed by atoms with Gasteiger partial charge in [0.15, 0.2) is 0 Å². The summed E-state index contributed by atoms with van der Waals surface area (Å²) in [4.78, 5) is 34.1. The van der Waals surface area contributed by atoms with Gasteiger partial charge in [-0.05, 0) is 42.7 Å². The molecule has 1 spiro atoms. The van der Waals surface area contributed by atoms with E-state index in [1.165, 1.54) is 7.11 Å². The smallest absolute Gasteiger partial charge is 0.272 e. The molecule has 0 saturated carbocycles. The Kier molecular flexibility index (Phi) is 6.44.